The number of benzene rings is 2. The molecule has 2 aliphatic heterocycles. The SMILES string of the molecule is CN1[C@H](C2CCC2)CN(c2ccccc2)c2cc(Cl)c(C3CC(F)[C@@H](C(=O)O)S3)cc2S1=O. The fraction of sp³-hybridized carbons (Fsp3) is 0.458. The van der Waals surface area contributed by atoms with Gasteiger partial charge < -0.3 is 10.0 Å². The number of carboxylic acids is 1. The Bertz CT molecular complexity index is 1080. The van der Waals surface area contributed by atoms with E-state index in [1.54, 1.807) is 0 Å². The number of hydrogen-bond donors (Lipinski definition) is 1. The van der Waals surface area contributed by atoms with Gasteiger partial charge in [0.2, 0.25) is 0 Å². The summed E-state index contributed by atoms with van der Waals surface area (Å²) in [6.07, 6.45) is 2.10. The number of carboxylic acid groups (broad SMARTS) is 1. The first-order chi connectivity index (χ1) is 15.8. The number of hydrogen-bond acceptors (Lipinski definition) is 4. The zero-order valence-electron chi connectivity index (χ0n) is 18.2. The third-order valence-electron chi connectivity index (χ3n) is 7.09. The molecule has 3 aliphatic rings. The summed E-state index contributed by atoms with van der Waals surface area (Å²) in [5, 5.41) is 8.29. The van der Waals surface area contributed by atoms with Crippen LogP contribution < -0.4 is 4.90 Å². The summed E-state index contributed by atoms with van der Waals surface area (Å²) >= 11 is 7.80. The number of nitrogens with zero attached hydrogens (tertiary/aromatic N) is 2. The van der Waals surface area contributed by atoms with Gasteiger partial charge in [0.25, 0.3) is 0 Å². The lowest BCUT2D eigenvalue weighted by Crippen LogP contribution is -2.46. The monoisotopic (exact) mass is 508 g/mol. The summed E-state index contributed by atoms with van der Waals surface area (Å²) in [6.45, 7) is 0.700. The minimum absolute atomic E-state index is 0.0791. The molecule has 1 saturated heterocycles. The summed E-state index contributed by atoms with van der Waals surface area (Å²) in [7, 11) is 0.489. The van der Waals surface area contributed by atoms with E-state index in [1.165, 1.54) is 6.42 Å². The van der Waals surface area contributed by atoms with Crippen molar-refractivity contribution >= 4 is 51.7 Å². The highest BCUT2D eigenvalue weighted by molar-refractivity contribution is 8.01. The lowest BCUT2D eigenvalue weighted by Gasteiger charge is -2.39. The highest BCUT2D eigenvalue weighted by Gasteiger charge is 2.43. The summed E-state index contributed by atoms with van der Waals surface area (Å²) in [6, 6.07) is 13.8. The summed E-state index contributed by atoms with van der Waals surface area (Å²) in [5.74, 6) is -0.661. The van der Waals surface area contributed by atoms with Crippen molar-refractivity contribution in [1.29, 1.82) is 0 Å². The standard InChI is InChI=1S/C24H26ClFN2O3S2/c1-27-20(14-6-5-7-14)13-28(15-8-3-2-4-9-15)19-11-17(25)16(10-22(19)33(27)31)21-12-18(26)23(32-21)24(29)30/h2-4,8-11,14,18,20-21,23H,5-7,12-13H2,1H3,(H,29,30)/t18?,20-,21?,23-,33?/m0/s1. The van der Waals surface area contributed by atoms with Crippen LogP contribution in [0.1, 0.15) is 36.5 Å². The molecule has 5 atom stereocenters. The third kappa shape index (κ3) is 4.20. The van der Waals surface area contributed by atoms with Crippen molar-refractivity contribution in [2.75, 3.05) is 18.5 Å². The molecule has 0 radical (unpaired) electrons. The molecular weight excluding hydrogens is 483 g/mol. The van der Waals surface area contributed by atoms with E-state index in [0.29, 0.717) is 27.9 Å². The van der Waals surface area contributed by atoms with E-state index in [0.717, 1.165) is 36.0 Å². The second-order valence-electron chi connectivity index (χ2n) is 8.98. The molecule has 5 rings (SSSR count). The minimum Gasteiger partial charge on any atom is -0.480 e. The third-order valence-corrected chi connectivity index (χ3v) is 10.5. The van der Waals surface area contributed by atoms with Crippen molar-refractivity contribution in [3.8, 4) is 0 Å². The molecule has 9 heteroatoms. The van der Waals surface area contributed by atoms with Crippen molar-refractivity contribution in [1.82, 2.24) is 4.31 Å². The molecule has 0 spiro atoms. The Balaban J connectivity index is 1.59. The molecule has 2 heterocycles. The zero-order valence-corrected chi connectivity index (χ0v) is 20.6. The van der Waals surface area contributed by atoms with Gasteiger partial charge in [0.15, 0.2) is 0 Å². The minimum atomic E-state index is -1.44. The Morgan fingerprint density at radius 3 is 2.58 bits per heavy atom. The highest BCUT2D eigenvalue weighted by Crippen LogP contribution is 2.50. The van der Waals surface area contributed by atoms with E-state index in [4.69, 9.17) is 11.6 Å². The second kappa shape index (κ2) is 9.21. The van der Waals surface area contributed by atoms with Gasteiger partial charge >= 0.3 is 5.97 Å². The molecule has 176 valence electrons. The number of halogens is 2. The van der Waals surface area contributed by atoms with Crippen molar-refractivity contribution in [3.05, 3.63) is 53.1 Å². The van der Waals surface area contributed by atoms with Crippen molar-refractivity contribution in [2.45, 2.75) is 53.3 Å². The largest absolute Gasteiger partial charge is 0.480 e. The molecule has 2 aromatic rings. The number of carbonyl (C=O) groups is 1. The van der Waals surface area contributed by atoms with E-state index in [-0.39, 0.29) is 12.5 Å². The normalized spacial score (nSPS) is 30.5. The summed E-state index contributed by atoms with van der Waals surface area (Å²) in [5.41, 5.74) is 2.45. The lowest BCUT2D eigenvalue weighted by atomic mass is 9.79. The smallest absolute Gasteiger partial charge is 0.319 e. The summed E-state index contributed by atoms with van der Waals surface area (Å²) in [4.78, 5) is 14.3. The van der Waals surface area contributed by atoms with E-state index >= 15 is 0 Å². The van der Waals surface area contributed by atoms with Crippen molar-refractivity contribution in [3.63, 3.8) is 0 Å². The van der Waals surface area contributed by atoms with Gasteiger partial charge in [-0.05, 0) is 55.0 Å². The van der Waals surface area contributed by atoms with E-state index in [2.05, 4.69) is 4.90 Å². The maximum absolute atomic E-state index is 14.4. The molecule has 2 aromatic carbocycles. The average molecular weight is 509 g/mol. The van der Waals surface area contributed by atoms with Crippen LogP contribution in [0, 0.1) is 5.92 Å². The molecule has 2 fully saturated rings. The number of anilines is 2. The molecule has 3 unspecified atom stereocenters. The number of likely N-dealkylation sites (N-methyl/N-ethyl adjacent to an activating group) is 1. The molecule has 1 aliphatic carbocycles. The lowest BCUT2D eigenvalue weighted by molar-refractivity contribution is -0.137. The van der Waals surface area contributed by atoms with Crippen LogP contribution in [-0.2, 0) is 15.8 Å². The number of rotatable bonds is 4. The first-order valence-electron chi connectivity index (χ1n) is 11.2. The van der Waals surface area contributed by atoms with Gasteiger partial charge in [0.1, 0.15) is 22.4 Å². The van der Waals surface area contributed by atoms with Crippen LogP contribution in [0.15, 0.2) is 47.4 Å². The fourth-order valence-corrected chi connectivity index (χ4v) is 8.13. The van der Waals surface area contributed by atoms with Gasteiger partial charge in [0.05, 0.1) is 10.6 Å². The zero-order chi connectivity index (χ0) is 23.3. The average Bonchev–Trinajstić information content (AvgIpc) is 3.12. The Hall–Kier alpha value is -1.61. The highest BCUT2D eigenvalue weighted by atomic mass is 35.5. The van der Waals surface area contributed by atoms with Gasteiger partial charge in [-0.2, -0.15) is 0 Å². The molecule has 33 heavy (non-hydrogen) atoms. The van der Waals surface area contributed by atoms with Gasteiger partial charge in [-0.1, -0.05) is 36.2 Å². The van der Waals surface area contributed by atoms with E-state index < -0.39 is 33.6 Å². The number of alkyl halides is 1. The molecule has 1 N–H and O–H groups in total. The van der Waals surface area contributed by atoms with E-state index in [1.807, 2.05) is 53.8 Å². The quantitative estimate of drug-likeness (QED) is 0.583. The first kappa shape index (κ1) is 23.1. The van der Waals surface area contributed by atoms with Gasteiger partial charge in [-0.25, -0.2) is 12.9 Å². The van der Waals surface area contributed by atoms with Gasteiger partial charge in [-0.3, -0.25) is 4.79 Å². The van der Waals surface area contributed by atoms with Crippen LogP contribution in [0.5, 0.6) is 0 Å². The molecular formula is C24H26ClFN2O3S2. The van der Waals surface area contributed by atoms with Crippen LogP contribution in [-0.4, -0.2) is 50.6 Å². The van der Waals surface area contributed by atoms with Gasteiger partial charge in [0, 0.05) is 35.6 Å². The number of para-hydroxylation sites is 1. The van der Waals surface area contributed by atoms with Crippen LogP contribution in [0.3, 0.4) is 0 Å². The predicted molar refractivity (Wildman–Crippen MR) is 131 cm³/mol. The van der Waals surface area contributed by atoms with Crippen LogP contribution >= 0.6 is 23.4 Å². The van der Waals surface area contributed by atoms with Gasteiger partial charge in [-0.15, -0.1) is 11.8 Å². The first-order valence-corrected chi connectivity index (χ1v) is 13.6. The second-order valence-corrected chi connectivity index (χ2v) is 12.2. The maximum atomic E-state index is 14.4. The number of thioether (sulfide) groups is 1. The van der Waals surface area contributed by atoms with Crippen LogP contribution in [0.2, 0.25) is 5.02 Å². The van der Waals surface area contributed by atoms with Crippen LogP contribution in [0.4, 0.5) is 15.8 Å². The Kier molecular flexibility index (Phi) is 6.46. The Morgan fingerprint density at radius 2 is 1.97 bits per heavy atom. The summed E-state index contributed by atoms with van der Waals surface area (Å²) < 4.78 is 30.1. The van der Waals surface area contributed by atoms with E-state index in [9.17, 15) is 18.5 Å². The molecule has 5 nitrogen and oxygen atoms in total. The number of fused-ring (bicyclic) bond motifs is 1. The topological polar surface area (TPSA) is 60.9 Å². The predicted octanol–water partition coefficient (Wildman–Crippen LogP) is 5.58. The maximum Gasteiger partial charge on any atom is 0.319 e. The molecule has 0 aromatic heterocycles. The Morgan fingerprint density at radius 1 is 1.24 bits per heavy atom. The Labute approximate surface area is 204 Å². The van der Waals surface area contributed by atoms with Crippen molar-refractivity contribution in [2.24, 2.45) is 5.92 Å². The number of aliphatic carboxylic acids is 1. The van der Waals surface area contributed by atoms with Crippen molar-refractivity contribution < 1.29 is 18.5 Å². The molecule has 1 saturated carbocycles. The van der Waals surface area contributed by atoms with Crippen LogP contribution in [0.25, 0.3) is 0 Å². The molecule has 0 bridgehead atoms. The fourth-order valence-electron chi connectivity index (χ4n) is 5.02. The molecule has 0 amide bonds.